The molecule has 10 heteroatoms. The molecule has 0 heterocycles. The maximum absolute atomic E-state index is 12.3. The van der Waals surface area contributed by atoms with Gasteiger partial charge in [0.15, 0.2) is 0 Å². The van der Waals surface area contributed by atoms with Gasteiger partial charge in [-0.25, -0.2) is 4.39 Å². The minimum absolute atomic E-state index is 0. The highest BCUT2D eigenvalue weighted by Gasteiger charge is 2.16. The first-order valence-electron chi connectivity index (χ1n) is 26.9. The average molecular weight is 1090 g/mol. The van der Waals surface area contributed by atoms with Crippen LogP contribution in [0.1, 0.15) is 102 Å². The van der Waals surface area contributed by atoms with Crippen molar-refractivity contribution in [2.45, 2.75) is 85.2 Å². The van der Waals surface area contributed by atoms with Crippen LogP contribution in [0.15, 0.2) is 218 Å². The van der Waals surface area contributed by atoms with Gasteiger partial charge in [-0.2, -0.15) is 0 Å². The maximum Gasteiger partial charge on any atom is 0.126 e. The molecule has 8 aromatic rings. The van der Waals surface area contributed by atoms with Gasteiger partial charge in [0, 0.05) is 19.3 Å². The van der Waals surface area contributed by atoms with Crippen molar-refractivity contribution in [2.75, 3.05) is 54.4 Å². The fourth-order valence-corrected chi connectivity index (χ4v) is 7.91. The number of aliphatic hydroxyl groups is 1. The predicted octanol–water partition coefficient (Wildman–Crippen LogP) is 15.7. The summed E-state index contributed by atoms with van der Waals surface area (Å²) >= 11 is 0. The summed E-state index contributed by atoms with van der Waals surface area (Å²) in [4.78, 5) is 0. The third-order valence-electron chi connectivity index (χ3n) is 12.5. The Labute approximate surface area is 480 Å². The first-order chi connectivity index (χ1) is 37.6. The van der Waals surface area contributed by atoms with Crippen LogP contribution in [0.5, 0.6) is 17.2 Å². The van der Waals surface area contributed by atoms with Crippen molar-refractivity contribution in [1.29, 1.82) is 0 Å². The number of ether oxygens (including phenoxy) is 3. The molecule has 0 saturated carbocycles. The van der Waals surface area contributed by atoms with E-state index in [1.807, 2.05) is 137 Å². The van der Waals surface area contributed by atoms with Gasteiger partial charge in [0.05, 0.1) is 6.10 Å². The zero-order valence-electron chi connectivity index (χ0n) is 47.2. The summed E-state index contributed by atoms with van der Waals surface area (Å²) in [6, 6.07) is 72.1. The van der Waals surface area contributed by atoms with Crippen molar-refractivity contribution < 1.29 is 23.7 Å². The lowest BCUT2D eigenvalue weighted by atomic mass is 10.1. The molecule has 8 rings (SSSR count). The molecule has 0 aliphatic rings. The Bertz CT molecular complexity index is 2490. The number of rotatable bonds is 22. The normalized spacial score (nSPS) is 11.6. The van der Waals surface area contributed by atoms with E-state index in [9.17, 15) is 9.50 Å². The largest absolute Gasteiger partial charge is 0.485 e. The Morgan fingerprint density at radius 3 is 0.835 bits per heavy atom. The highest BCUT2D eigenvalue weighted by Crippen LogP contribution is 2.29. The molecule has 0 bridgehead atoms. The lowest BCUT2D eigenvalue weighted by molar-refractivity contribution is 0.167. The molecule has 0 spiro atoms. The second-order valence-corrected chi connectivity index (χ2v) is 18.6. The SMILES string of the molecule is C.CNCCC(O)c1ccccc1.CNCCC(Oc1ccccc1C)c1ccccc1.CNCC[C@@H](Oc1ccccc1C)c1ccccc1.CNCC[C@@H](Oc1ccccc1C)c1ccccc1.Cc1ccccc1F.Cl. The van der Waals surface area contributed by atoms with Crippen LogP contribution in [0.4, 0.5) is 4.39 Å². The van der Waals surface area contributed by atoms with Crippen LogP contribution in [-0.2, 0) is 0 Å². The van der Waals surface area contributed by atoms with Crippen LogP contribution in [0.2, 0.25) is 0 Å². The zero-order valence-corrected chi connectivity index (χ0v) is 48.0. The van der Waals surface area contributed by atoms with Crippen molar-refractivity contribution in [1.82, 2.24) is 21.3 Å². The molecular weight excluding hydrogens is 1000 g/mol. The summed E-state index contributed by atoms with van der Waals surface area (Å²) < 4.78 is 30.9. The summed E-state index contributed by atoms with van der Waals surface area (Å²) in [5, 5.41) is 22.2. The van der Waals surface area contributed by atoms with E-state index in [1.165, 1.54) is 39.4 Å². The molecule has 8 nitrogen and oxygen atoms in total. The topological polar surface area (TPSA) is 96.0 Å². The van der Waals surface area contributed by atoms with E-state index in [2.05, 4.69) is 133 Å². The summed E-state index contributed by atoms with van der Waals surface area (Å²) in [6.45, 7) is 11.6. The van der Waals surface area contributed by atoms with Crippen molar-refractivity contribution in [3.05, 3.63) is 269 Å². The fourth-order valence-electron chi connectivity index (χ4n) is 7.91. The number of halogens is 2. The number of hydrogen-bond donors (Lipinski definition) is 5. The van der Waals surface area contributed by atoms with Crippen LogP contribution < -0.4 is 35.5 Å². The maximum atomic E-state index is 12.3. The Hall–Kier alpha value is -6.82. The van der Waals surface area contributed by atoms with E-state index in [0.717, 1.165) is 74.7 Å². The third kappa shape index (κ3) is 26.6. The van der Waals surface area contributed by atoms with Gasteiger partial charge in [-0.1, -0.05) is 202 Å². The smallest absolute Gasteiger partial charge is 0.126 e. The van der Waals surface area contributed by atoms with Crippen molar-refractivity contribution in [3.63, 3.8) is 0 Å². The molecule has 0 radical (unpaired) electrons. The molecule has 5 N–H and O–H groups in total. The van der Waals surface area contributed by atoms with E-state index in [0.29, 0.717) is 5.56 Å². The minimum Gasteiger partial charge on any atom is -0.485 e. The van der Waals surface area contributed by atoms with Crippen molar-refractivity contribution >= 4 is 12.4 Å². The lowest BCUT2D eigenvalue weighted by Crippen LogP contribution is -2.16. The molecule has 79 heavy (non-hydrogen) atoms. The van der Waals surface area contributed by atoms with Gasteiger partial charge >= 0.3 is 0 Å². The van der Waals surface area contributed by atoms with E-state index >= 15 is 0 Å². The van der Waals surface area contributed by atoms with Crippen molar-refractivity contribution in [3.8, 4) is 17.2 Å². The molecule has 0 aliphatic carbocycles. The number of hydrogen-bond acceptors (Lipinski definition) is 8. The number of nitrogens with one attached hydrogen (secondary N) is 4. The van der Waals surface area contributed by atoms with Gasteiger partial charge in [-0.15, -0.1) is 12.4 Å². The molecule has 0 aliphatic heterocycles. The molecule has 8 aromatic carbocycles. The van der Waals surface area contributed by atoms with Gasteiger partial charge in [0.25, 0.3) is 0 Å². The molecule has 0 saturated heterocycles. The van der Waals surface area contributed by atoms with Gasteiger partial charge in [-0.3, -0.25) is 0 Å². The Morgan fingerprint density at radius 1 is 0.342 bits per heavy atom. The molecule has 0 fully saturated rings. The lowest BCUT2D eigenvalue weighted by Gasteiger charge is -2.20. The Balaban J connectivity index is 0.000000344. The predicted molar refractivity (Wildman–Crippen MR) is 334 cm³/mol. The number of benzene rings is 8. The Morgan fingerprint density at radius 2 is 0.582 bits per heavy atom. The highest BCUT2D eigenvalue weighted by molar-refractivity contribution is 5.85. The number of para-hydroxylation sites is 3. The average Bonchev–Trinajstić information content (AvgIpc) is 3.48. The van der Waals surface area contributed by atoms with E-state index in [1.54, 1.807) is 19.1 Å². The van der Waals surface area contributed by atoms with Crippen molar-refractivity contribution in [2.24, 2.45) is 0 Å². The zero-order chi connectivity index (χ0) is 55.3. The molecule has 0 amide bonds. The van der Waals surface area contributed by atoms with Crippen LogP contribution in [0.25, 0.3) is 0 Å². The monoisotopic (exact) mass is 1090 g/mol. The molecule has 0 aromatic heterocycles. The van der Waals surface area contributed by atoms with Crippen LogP contribution in [-0.4, -0.2) is 59.5 Å². The fraction of sp³-hybridized carbons (Fsp3) is 0.304. The van der Waals surface area contributed by atoms with E-state index in [-0.39, 0.29) is 50.1 Å². The molecule has 4 atom stereocenters. The summed E-state index contributed by atoms with van der Waals surface area (Å²) in [5.74, 6) is 2.76. The number of aliphatic hydroxyl groups excluding tert-OH is 1. The summed E-state index contributed by atoms with van der Waals surface area (Å²) in [6.07, 6.45) is 3.57. The summed E-state index contributed by atoms with van der Waals surface area (Å²) in [7, 11) is 7.79. The van der Waals surface area contributed by atoms with Gasteiger partial charge in [0.2, 0.25) is 0 Å². The van der Waals surface area contributed by atoms with E-state index in [4.69, 9.17) is 14.2 Å². The minimum atomic E-state index is -0.335. The highest BCUT2D eigenvalue weighted by atomic mass is 35.5. The molecule has 424 valence electrons. The molecule has 2 unspecified atom stereocenters. The van der Waals surface area contributed by atoms with Gasteiger partial charge < -0.3 is 40.6 Å². The quantitative estimate of drug-likeness (QED) is 0.0458. The van der Waals surface area contributed by atoms with Crippen LogP contribution in [0.3, 0.4) is 0 Å². The first-order valence-corrected chi connectivity index (χ1v) is 26.9. The van der Waals surface area contributed by atoms with Gasteiger partial charge in [0.1, 0.15) is 41.4 Å². The second-order valence-electron chi connectivity index (χ2n) is 18.6. The third-order valence-corrected chi connectivity index (χ3v) is 12.5. The number of aryl methyl sites for hydroxylation is 4. The summed E-state index contributed by atoms with van der Waals surface area (Å²) in [5.41, 5.74) is 8.89. The van der Waals surface area contributed by atoms with Crippen LogP contribution >= 0.6 is 12.4 Å². The Kier molecular flexibility index (Phi) is 35.7. The standard InChI is InChI=1S/3C17H21NO.C10H15NO.C7H7F.CH4.ClH/c3*1-14-8-6-7-11-16(14)19-17(12-13-18-2)15-9-4-3-5-10-15;1-11-8-7-10(12)9-5-3-2-4-6-9;1-6-4-2-3-5-7(6)8;;/h3*3-11,17-18H,12-13H2,1-2H3;2-6,10-12H,7-8H2,1H3;2-5H,1H3;1H4;1H/t2*17-;;;;;/m11...../s1. The second kappa shape index (κ2) is 41.3. The first kappa shape index (κ1) is 68.3. The van der Waals surface area contributed by atoms with Gasteiger partial charge in [-0.05, 0) is 157 Å². The van der Waals surface area contributed by atoms with E-state index < -0.39 is 0 Å². The van der Waals surface area contributed by atoms with Crippen LogP contribution in [0, 0.1) is 33.5 Å². The molecular formula is C69H90ClFN4O4.